The lowest BCUT2D eigenvalue weighted by Crippen LogP contribution is -2.34. The van der Waals surface area contributed by atoms with Crippen molar-refractivity contribution in [2.24, 2.45) is 0 Å². The number of aryl methyl sites for hydroxylation is 1. The van der Waals surface area contributed by atoms with Gasteiger partial charge in [-0.25, -0.2) is 0 Å². The topological polar surface area (TPSA) is 54.7 Å². The molecule has 1 atom stereocenters. The average molecular weight is 358 g/mol. The predicted molar refractivity (Wildman–Crippen MR) is 101 cm³/mol. The van der Waals surface area contributed by atoms with Crippen LogP contribution in [0, 0.1) is 6.92 Å². The van der Waals surface area contributed by atoms with Crippen LogP contribution in [0.4, 0.5) is 0 Å². The number of likely N-dealkylation sites (N-methyl/N-ethyl adjacent to an activating group) is 1. The first-order valence-electron chi connectivity index (χ1n) is 8.06. The molecule has 1 aromatic carbocycles. The number of nitrogens with zero attached hydrogens (tertiary/aromatic N) is 1. The monoisotopic (exact) mass is 358 g/mol. The van der Waals surface area contributed by atoms with Gasteiger partial charge in [0.2, 0.25) is 0 Å². The second-order valence-electron chi connectivity index (χ2n) is 6.12. The van der Waals surface area contributed by atoms with Gasteiger partial charge in [0.25, 0.3) is 5.91 Å². The number of benzene rings is 1. The van der Waals surface area contributed by atoms with Crippen molar-refractivity contribution in [3.05, 3.63) is 51.9 Å². The number of furan rings is 1. The Labute approximate surface area is 151 Å². The van der Waals surface area contributed by atoms with Crippen LogP contribution in [-0.2, 0) is 0 Å². The third-order valence-electron chi connectivity index (χ3n) is 4.30. The molecule has 5 nitrogen and oxygen atoms in total. The van der Waals surface area contributed by atoms with Crippen LogP contribution in [0.2, 0.25) is 0 Å². The molecule has 0 aliphatic heterocycles. The zero-order chi connectivity index (χ0) is 18.0. The first-order valence-corrected chi connectivity index (χ1v) is 8.94. The first-order chi connectivity index (χ1) is 12.0. The standard InChI is InChI=1S/C19H22N2O3S/c1-12-14-10-13(23-4)7-8-16(14)24-18(12)19(22)20-11-15(21(2)3)17-6-5-9-25-17/h5-10,15H,11H2,1-4H3,(H,20,22). The van der Waals surface area contributed by atoms with Crippen LogP contribution in [-0.4, -0.2) is 38.6 Å². The molecule has 1 amide bonds. The maximum absolute atomic E-state index is 12.6. The molecule has 0 bridgehead atoms. The Kier molecular flexibility index (Phi) is 5.11. The largest absolute Gasteiger partial charge is 0.497 e. The fraction of sp³-hybridized carbons (Fsp3) is 0.316. The summed E-state index contributed by atoms with van der Waals surface area (Å²) >= 11 is 1.69. The van der Waals surface area contributed by atoms with Crippen LogP contribution < -0.4 is 10.1 Å². The highest BCUT2D eigenvalue weighted by Gasteiger charge is 2.21. The predicted octanol–water partition coefficient (Wildman–Crippen LogP) is 3.84. The van der Waals surface area contributed by atoms with E-state index in [9.17, 15) is 4.79 Å². The highest BCUT2D eigenvalue weighted by atomic mass is 32.1. The van der Waals surface area contributed by atoms with E-state index in [1.165, 1.54) is 4.88 Å². The van der Waals surface area contributed by atoms with Gasteiger partial charge in [-0.05, 0) is 50.7 Å². The molecule has 1 unspecified atom stereocenters. The quantitative estimate of drug-likeness (QED) is 0.727. The van der Waals surface area contributed by atoms with E-state index < -0.39 is 0 Å². The normalized spacial score (nSPS) is 12.5. The Hall–Kier alpha value is -2.31. The summed E-state index contributed by atoms with van der Waals surface area (Å²) in [7, 11) is 5.64. The van der Waals surface area contributed by atoms with Crippen molar-refractivity contribution >= 4 is 28.2 Å². The number of carbonyl (C=O) groups is 1. The minimum Gasteiger partial charge on any atom is -0.497 e. The number of methoxy groups -OCH3 is 1. The maximum atomic E-state index is 12.6. The van der Waals surface area contributed by atoms with Crippen LogP contribution in [0.15, 0.2) is 40.1 Å². The number of rotatable bonds is 6. The molecule has 25 heavy (non-hydrogen) atoms. The third-order valence-corrected chi connectivity index (χ3v) is 5.27. The lowest BCUT2D eigenvalue weighted by atomic mass is 10.1. The van der Waals surface area contributed by atoms with E-state index in [0.717, 1.165) is 16.7 Å². The van der Waals surface area contributed by atoms with Gasteiger partial charge in [0.15, 0.2) is 5.76 Å². The number of carbonyl (C=O) groups excluding carboxylic acids is 1. The van der Waals surface area contributed by atoms with E-state index in [1.807, 2.05) is 50.7 Å². The lowest BCUT2D eigenvalue weighted by molar-refractivity contribution is 0.0916. The number of thiophene rings is 1. The molecule has 1 N–H and O–H groups in total. The fourth-order valence-corrected chi connectivity index (χ4v) is 3.75. The van der Waals surface area contributed by atoms with Gasteiger partial charge < -0.3 is 19.4 Å². The molecule has 2 aromatic heterocycles. The van der Waals surface area contributed by atoms with E-state index in [4.69, 9.17) is 9.15 Å². The zero-order valence-corrected chi connectivity index (χ0v) is 15.6. The Morgan fingerprint density at radius 2 is 2.16 bits per heavy atom. The van der Waals surface area contributed by atoms with Gasteiger partial charge in [0.05, 0.1) is 13.2 Å². The van der Waals surface area contributed by atoms with Crippen molar-refractivity contribution in [3.63, 3.8) is 0 Å². The summed E-state index contributed by atoms with van der Waals surface area (Å²) in [6.07, 6.45) is 0. The third kappa shape index (κ3) is 3.55. The Bertz CT molecular complexity index is 868. The number of ether oxygens (including phenoxy) is 1. The van der Waals surface area contributed by atoms with Crippen LogP contribution >= 0.6 is 11.3 Å². The molecular formula is C19H22N2O3S. The van der Waals surface area contributed by atoms with E-state index in [1.54, 1.807) is 18.4 Å². The molecule has 132 valence electrons. The van der Waals surface area contributed by atoms with Gasteiger partial charge in [-0.3, -0.25) is 4.79 Å². The van der Waals surface area contributed by atoms with Gasteiger partial charge in [-0.15, -0.1) is 11.3 Å². The van der Waals surface area contributed by atoms with Gasteiger partial charge in [-0.1, -0.05) is 6.07 Å². The minimum absolute atomic E-state index is 0.133. The Balaban J connectivity index is 1.79. The molecule has 0 spiro atoms. The average Bonchev–Trinajstić information content (AvgIpc) is 3.23. The van der Waals surface area contributed by atoms with Crippen LogP contribution in [0.1, 0.15) is 27.0 Å². The summed E-state index contributed by atoms with van der Waals surface area (Å²) in [5, 5.41) is 5.94. The van der Waals surface area contributed by atoms with E-state index in [2.05, 4.69) is 16.3 Å². The van der Waals surface area contributed by atoms with Crippen LogP contribution in [0.3, 0.4) is 0 Å². The van der Waals surface area contributed by atoms with E-state index in [-0.39, 0.29) is 11.9 Å². The second kappa shape index (κ2) is 7.29. The molecule has 3 aromatic rings. The lowest BCUT2D eigenvalue weighted by Gasteiger charge is -2.23. The van der Waals surface area contributed by atoms with Gasteiger partial charge in [0, 0.05) is 22.4 Å². The number of amides is 1. The summed E-state index contributed by atoms with van der Waals surface area (Å²) in [4.78, 5) is 16.0. The first kappa shape index (κ1) is 17.5. The van der Waals surface area contributed by atoms with Crippen molar-refractivity contribution in [1.29, 1.82) is 0 Å². The molecule has 0 radical (unpaired) electrons. The minimum atomic E-state index is -0.198. The Morgan fingerprint density at radius 3 is 2.80 bits per heavy atom. The van der Waals surface area contributed by atoms with Crippen molar-refractivity contribution < 1.29 is 13.9 Å². The van der Waals surface area contributed by atoms with Gasteiger partial charge in [-0.2, -0.15) is 0 Å². The number of hydrogen-bond donors (Lipinski definition) is 1. The molecule has 0 saturated carbocycles. The molecule has 2 heterocycles. The summed E-state index contributed by atoms with van der Waals surface area (Å²) in [6.45, 7) is 2.41. The van der Waals surface area contributed by atoms with Crippen molar-refractivity contribution in [2.45, 2.75) is 13.0 Å². The van der Waals surface area contributed by atoms with E-state index >= 15 is 0 Å². The second-order valence-corrected chi connectivity index (χ2v) is 7.10. The summed E-state index contributed by atoms with van der Waals surface area (Å²) < 4.78 is 11.0. The summed E-state index contributed by atoms with van der Waals surface area (Å²) in [5.74, 6) is 0.900. The van der Waals surface area contributed by atoms with Gasteiger partial charge >= 0.3 is 0 Å². The molecule has 3 rings (SSSR count). The maximum Gasteiger partial charge on any atom is 0.287 e. The van der Waals surface area contributed by atoms with Gasteiger partial charge in [0.1, 0.15) is 11.3 Å². The molecule has 0 saturated heterocycles. The van der Waals surface area contributed by atoms with Crippen molar-refractivity contribution in [1.82, 2.24) is 10.2 Å². The van der Waals surface area contributed by atoms with Crippen molar-refractivity contribution in [3.8, 4) is 5.75 Å². The van der Waals surface area contributed by atoms with Crippen LogP contribution in [0.5, 0.6) is 5.75 Å². The fourth-order valence-electron chi connectivity index (χ4n) is 2.83. The number of fused-ring (bicyclic) bond motifs is 1. The zero-order valence-electron chi connectivity index (χ0n) is 14.8. The number of hydrogen-bond acceptors (Lipinski definition) is 5. The molecule has 6 heteroatoms. The molecule has 0 aliphatic rings. The highest BCUT2D eigenvalue weighted by Crippen LogP contribution is 2.29. The smallest absolute Gasteiger partial charge is 0.287 e. The molecular weight excluding hydrogens is 336 g/mol. The molecule has 0 aliphatic carbocycles. The molecule has 0 fully saturated rings. The highest BCUT2D eigenvalue weighted by molar-refractivity contribution is 7.10. The summed E-state index contributed by atoms with van der Waals surface area (Å²) in [5.41, 5.74) is 1.51. The van der Waals surface area contributed by atoms with E-state index in [0.29, 0.717) is 17.9 Å². The van der Waals surface area contributed by atoms with Crippen LogP contribution in [0.25, 0.3) is 11.0 Å². The Morgan fingerprint density at radius 1 is 1.36 bits per heavy atom. The number of nitrogens with one attached hydrogen (secondary N) is 1. The SMILES string of the molecule is COc1ccc2oc(C(=O)NCC(c3cccs3)N(C)C)c(C)c2c1. The summed E-state index contributed by atoms with van der Waals surface area (Å²) in [6, 6.07) is 9.78. The van der Waals surface area contributed by atoms with Crippen molar-refractivity contribution in [2.75, 3.05) is 27.7 Å².